The van der Waals surface area contributed by atoms with Crippen molar-refractivity contribution in [2.24, 2.45) is 0 Å². The van der Waals surface area contributed by atoms with Crippen LogP contribution in [0, 0.1) is 6.92 Å². The van der Waals surface area contributed by atoms with Gasteiger partial charge in [0.05, 0.1) is 24.8 Å². The molecule has 7 nitrogen and oxygen atoms in total. The number of aliphatic carboxylic acids is 1. The fourth-order valence-electron chi connectivity index (χ4n) is 1.77. The molecule has 0 fully saturated rings. The number of amides is 2. The summed E-state index contributed by atoms with van der Waals surface area (Å²) in [5, 5.41) is 11.3. The molecule has 2 N–H and O–H groups in total. The quantitative estimate of drug-likeness (QED) is 0.783. The second-order valence-corrected chi connectivity index (χ2v) is 4.77. The Balaban J connectivity index is 2.45. The van der Waals surface area contributed by atoms with Crippen LogP contribution in [0.25, 0.3) is 0 Å². The van der Waals surface area contributed by atoms with E-state index in [1.807, 2.05) is 25.1 Å². The van der Waals surface area contributed by atoms with Crippen LogP contribution < -0.4 is 5.32 Å². The molecule has 1 heterocycles. The SMILES string of the molecule is COC(CNC(=O)N(C)Cc1cccc(C)n1)CC(=O)O. The minimum Gasteiger partial charge on any atom is -0.481 e. The standard InChI is InChI=1S/C14H21N3O4/c1-10-5-4-6-11(16-10)9-17(2)14(20)15-8-12(21-3)7-13(18)19/h4-6,12H,7-9H2,1-3H3,(H,15,20)(H,18,19). The minimum atomic E-state index is -0.964. The lowest BCUT2D eigenvalue weighted by Gasteiger charge is -2.20. The number of carboxylic acid groups (broad SMARTS) is 1. The van der Waals surface area contributed by atoms with Gasteiger partial charge < -0.3 is 20.1 Å². The molecule has 116 valence electrons. The van der Waals surface area contributed by atoms with Gasteiger partial charge in [-0.2, -0.15) is 0 Å². The number of hydrogen-bond acceptors (Lipinski definition) is 4. The molecule has 0 aromatic carbocycles. The van der Waals surface area contributed by atoms with E-state index in [2.05, 4.69) is 10.3 Å². The summed E-state index contributed by atoms with van der Waals surface area (Å²) < 4.78 is 5.00. The van der Waals surface area contributed by atoms with Gasteiger partial charge in [0.15, 0.2) is 0 Å². The summed E-state index contributed by atoms with van der Waals surface area (Å²) in [5.74, 6) is -0.964. The maximum Gasteiger partial charge on any atom is 0.317 e. The third-order valence-electron chi connectivity index (χ3n) is 2.91. The third-order valence-corrected chi connectivity index (χ3v) is 2.91. The Bertz CT molecular complexity index is 493. The van der Waals surface area contributed by atoms with Gasteiger partial charge in [-0.1, -0.05) is 6.07 Å². The number of ether oxygens (including phenoxy) is 1. The summed E-state index contributed by atoms with van der Waals surface area (Å²) in [7, 11) is 3.07. The first-order valence-electron chi connectivity index (χ1n) is 6.58. The Kier molecular flexibility index (Phi) is 6.61. The third kappa shape index (κ3) is 6.22. The molecule has 1 aromatic rings. The monoisotopic (exact) mass is 295 g/mol. The molecular formula is C14H21N3O4. The molecule has 0 bridgehead atoms. The molecule has 1 atom stereocenters. The van der Waals surface area contributed by atoms with E-state index in [4.69, 9.17) is 9.84 Å². The number of carboxylic acids is 1. The molecule has 1 unspecified atom stereocenters. The highest BCUT2D eigenvalue weighted by Gasteiger charge is 2.15. The second-order valence-electron chi connectivity index (χ2n) is 4.77. The molecule has 1 aromatic heterocycles. The van der Waals surface area contributed by atoms with Crippen molar-refractivity contribution in [3.8, 4) is 0 Å². The first-order valence-corrected chi connectivity index (χ1v) is 6.58. The second kappa shape index (κ2) is 8.21. The Hall–Kier alpha value is -2.15. The zero-order valence-electron chi connectivity index (χ0n) is 12.5. The highest BCUT2D eigenvalue weighted by molar-refractivity contribution is 5.74. The first-order chi connectivity index (χ1) is 9.92. The molecule has 21 heavy (non-hydrogen) atoms. The number of nitrogens with one attached hydrogen (secondary N) is 1. The zero-order chi connectivity index (χ0) is 15.8. The molecular weight excluding hydrogens is 274 g/mol. The van der Waals surface area contributed by atoms with E-state index in [9.17, 15) is 9.59 Å². The van der Waals surface area contributed by atoms with Crippen molar-refractivity contribution in [3.05, 3.63) is 29.6 Å². The summed E-state index contributed by atoms with van der Waals surface area (Å²) in [5.41, 5.74) is 1.68. The molecule has 0 radical (unpaired) electrons. The summed E-state index contributed by atoms with van der Waals surface area (Å²) >= 11 is 0. The van der Waals surface area contributed by atoms with Crippen LogP contribution in [0.1, 0.15) is 17.8 Å². The van der Waals surface area contributed by atoms with Crippen molar-refractivity contribution >= 4 is 12.0 Å². The number of rotatable bonds is 7. The predicted octanol–water partition coefficient (Wildman–Crippen LogP) is 1.02. The van der Waals surface area contributed by atoms with Crippen molar-refractivity contribution in [1.82, 2.24) is 15.2 Å². The van der Waals surface area contributed by atoms with Crippen molar-refractivity contribution < 1.29 is 19.4 Å². The van der Waals surface area contributed by atoms with Crippen LogP contribution in [-0.2, 0) is 16.1 Å². The maximum atomic E-state index is 11.9. The highest BCUT2D eigenvalue weighted by Crippen LogP contribution is 2.02. The van der Waals surface area contributed by atoms with Gasteiger partial charge in [0.2, 0.25) is 0 Å². The van der Waals surface area contributed by atoms with Crippen LogP contribution >= 0.6 is 0 Å². The van der Waals surface area contributed by atoms with Gasteiger partial charge >= 0.3 is 12.0 Å². The van der Waals surface area contributed by atoms with Gasteiger partial charge in [0.1, 0.15) is 0 Å². The molecule has 0 saturated heterocycles. The van der Waals surface area contributed by atoms with Crippen molar-refractivity contribution in [1.29, 1.82) is 0 Å². The average Bonchev–Trinajstić information content (AvgIpc) is 2.42. The topological polar surface area (TPSA) is 91.8 Å². The van der Waals surface area contributed by atoms with Crippen LogP contribution in [0.2, 0.25) is 0 Å². The number of pyridine rings is 1. The zero-order valence-corrected chi connectivity index (χ0v) is 12.5. The van der Waals surface area contributed by atoms with Gasteiger partial charge in [0, 0.05) is 26.4 Å². The fraction of sp³-hybridized carbons (Fsp3) is 0.500. The first kappa shape index (κ1) is 16.9. The molecule has 7 heteroatoms. The van der Waals surface area contributed by atoms with E-state index in [0.29, 0.717) is 6.54 Å². The van der Waals surface area contributed by atoms with E-state index in [0.717, 1.165) is 11.4 Å². The van der Waals surface area contributed by atoms with Gasteiger partial charge in [-0.3, -0.25) is 9.78 Å². The summed E-state index contributed by atoms with van der Waals surface area (Å²) in [6.45, 7) is 2.41. The normalized spacial score (nSPS) is 11.8. The van der Waals surface area contributed by atoms with Crippen LogP contribution in [0.15, 0.2) is 18.2 Å². The number of methoxy groups -OCH3 is 1. The Morgan fingerprint density at radius 3 is 2.76 bits per heavy atom. The average molecular weight is 295 g/mol. The number of hydrogen-bond donors (Lipinski definition) is 2. The van der Waals surface area contributed by atoms with Crippen LogP contribution in [0.4, 0.5) is 4.79 Å². The molecule has 0 aliphatic rings. The molecule has 1 rings (SSSR count). The number of aromatic nitrogens is 1. The highest BCUT2D eigenvalue weighted by atomic mass is 16.5. The molecule has 2 amide bonds. The van der Waals surface area contributed by atoms with Crippen molar-refractivity contribution in [2.75, 3.05) is 20.7 Å². The lowest BCUT2D eigenvalue weighted by molar-refractivity contribution is -0.139. The lowest BCUT2D eigenvalue weighted by atomic mass is 10.2. The van der Waals surface area contributed by atoms with E-state index < -0.39 is 12.1 Å². The largest absolute Gasteiger partial charge is 0.481 e. The van der Waals surface area contributed by atoms with E-state index >= 15 is 0 Å². The van der Waals surface area contributed by atoms with E-state index in [1.165, 1.54) is 12.0 Å². The fourth-order valence-corrected chi connectivity index (χ4v) is 1.77. The number of nitrogens with zero attached hydrogens (tertiary/aromatic N) is 2. The van der Waals surface area contributed by atoms with Crippen molar-refractivity contribution in [2.45, 2.75) is 26.0 Å². The van der Waals surface area contributed by atoms with Gasteiger partial charge in [0.25, 0.3) is 0 Å². The molecule has 0 spiro atoms. The summed E-state index contributed by atoms with van der Waals surface area (Å²) in [4.78, 5) is 28.3. The predicted molar refractivity (Wildman–Crippen MR) is 76.9 cm³/mol. The van der Waals surface area contributed by atoms with Crippen LogP contribution in [-0.4, -0.2) is 53.8 Å². The van der Waals surface area contributed by atoms with Gasteiger partial charge in [-0.05, 0) is 19.1 Å². The van der Waals surface area contributed by atoms with Crippen LogP contribution in [0.3, 0.4) is 0 Å². The summed E-state index contributed by atoms with van der Waals surface area (Å²) in [6.07, 6.45) is -0.697. The van der Waals surface area contributed by atoms with Crippen molar-refractivity contribution in [3.63, 3.8) is 0 Å². The van der Waals surface area contributed by atoms with E-state index in [-0.39, 0.29) is 19.0 Å². The lowest BCUT2D eigenvalue weighted by Crippen LogP contribution is -2.41. The number of urea groups is 1. The van der Waals surface area contributed by atoms with E-state index in [1.54, 1.807) is 7.05 Å². The number of aryl methyl sites for hydroxylation is 1. The Morgan fingerprint density at radius 2 is 2.19 bits per heavy atom. The molecule has 0 saturated carbocycles. The summed E-state index contributed by atoms with van der Waals surface area (Å²) in [6, 6.07) is 5.32. The number of carbonyl (C=O) groups is 2. The number of carbonyl (C=O) groups excluding carboxylic acids is 1. The smallest absolute Gasteiger partial charge is 0.317 e. The maximum absolute atomic E-state index is 11.9. The minimum absolute atomic E-state index is 0.146. The Labute approximate surface area is 123 Å². The Morgan fingerprint density at radius 1 is 1.48 bits per heavy atom. The van der Waals surface area contributed by atoms with Crippen LogP contribution in [0.5, 0.6) is 0 Å². The molecule has 0 aliphatic heterocycles. The van der Waals surface area contributed by atoms with Gasteiger partial charge in [-0.25, -0.2) is 4.79 Å². The molecule has 0 aliphatic carbocycles. The van der Waals surface area contributed by atoms with Gasteiger partial charge in [-0.15, -0.1) is 0 Å².